The second kappa shape index (κ2) is 4.55. The van der Waals surface area contributed by atoms with Gasteiger partial charge in [0.25, 0.3) is 0 Å². The van der Waals surface area contributed by atoms with E-state index in [9.17, 15) is 4.39 Å². The summed E-state index contributed by atoms with van der Waals surface area (Å²) in [7, 11) is 0. The van der Waals surface area contributed by atoms with E-state index in [2.05, 4.69) is 10.3 Å². The van der Waals surface area contributed by atoms with Gasteiger partial charge in [0.1, 0.15) is 11.3 Å². The molecule has 0 aliphatic rings. The Kier molecular flexibility index (Phi) is 2.89. The molecule has 3 aromatic rings. The zero-order valence-corrected chi connectivity index (χ0v) is 10.7. The number of anilines is 2. The lowest BCUT2D eigenvalue weighted by atomic mass is 10.3. The van der Waals surface area contributed by atoms with Crippen molar-refractivity contribution in [1.82, 2.24) is 4.98 Å². The van der Waals surface area contributed by atoms with E-state index in [4.69, 9.17) is 11.6 Å². The molecule has 2 aromatic carbocycles. The van der Waals surface area contributed by atoms with Crippen molar-refractivity contribution in [1.29, 1.82) is 0 Å². The standard InChI is InChI=1S/C13H8ClFN2S/c14-8-3-1-4-9(7-8)16-13-17-12-10(15)5-2-6-11(12)18-13/h1-7H,(H,16,17). The highest BCUT2D eigenvalue weighted by atomic mass is 35.5. The minimum Gasteiger partial charge on any atom is -0.331 e. The quantitative estimate of drug-likeness (QED) is 0.726. The molecule has 5 heteroatoms. The molecule has 1 aromatic heterocycles. The van der Waals surface area contributed by atoms with Crippen molar-refractivity contribution < 1.29 is 4.39 Å². The predicted octanol–water partition coefficient (Wildman–Crippen LogP) is 4.83. The third-order valence-corrected chi connectivity index (χ3v) is 3.62. The van der Waals surface area contributed by atoms with Gasteiger partial charge in [-0.2, -0.15) is 0 Å². The van der Waals surface area contributed by atoms with Crippen LogP contribution in [0.3, 0.4) is 0 Å². The van der Waals surface area contributed by atoms with E-state index in [1.54, 1.807) is 18.2 Å². The summed E-state index contributed by atoms with van der Waals surface area (Å²) < 4.78 is 14.3. The van der Waals surface area contributed by atoms with E-state index in [0.717, 1.165) is 10.4 Å². The Morgan fingerprint density at radius 1 is 1.17 bits per heavy atom. The second-order valence-corrected chi connectivity index (χ2v) is 5.21. The average Bonchev–Trinajstić information content (AvgIpc) is 2.73. The Morgan fingerprint density at radius 2 is 2.00 bits per heavy atom. The van der Waals surface area contributed by atoms with Crippen LogP contribution in [-0.2, 0) is 0 Å². The fourth-order valence-corrected chi connectivity index (χ4v) is 2.75. The van der Waals surface area contributed by atoms with Gasteiger partial charge < -0.3 is 5.32 Å². The Morgan fingerprint density at radius 3 is 2.78 bits per heavy atom. The highest BCUT2D eigenvalue weighted by Gasteiger charge is 2.07. The van der Waals surface area contributed by atoms with Crippen LogP contribution in [0.5, 0.6) is 0 Å². The van der Waals surface area contributed by atoms with E-state index in [1.165, 1.54) is 17.4 Å². The van der Waals surface area contributed by atoms with E-state index < -0.39 is 0 Å². The summed E-state index contributed by atoms with van der Waals surface area (Å²) in [5, 5.41) is 4.41. The molecule has 0 fully saturated rings. The number of halogens is 2. The van der Waals surface area contributed by atoms with Gasteiger partial charge in [-0.1, -0.05) is 35.1 Å². The minimum atomic E-state index is -0.303. The highest BCUT2D eigenvalue weighted by Crippen LogP contribution is 2.30. The molecule has 0 unspecified atom stereocenters. The molecular weight excluding hydrogens is 271 g/mol. The van der Waals surface area contributed by atoms with E-state index in [-0.39, 0.29) is 5.82 Å². The summed E-state index contributed by atoms with van der Waals surface area (Å²) in [4.78, 5) is 4.23. The largest absolute Gasteiger partial charge is 0.331 e. The van der Waals surface area contributed by atoms with Crippen molar-refractivity contribution in [3.05, 3.63) is 53.3 Å². The SMILES string of the molecule is Fc1cccc2sc(Nc3cccc(Cl)c3)nc12. The maximum atomic E-state index is 13.5. The number of thiazole rings is 1. The molecule has 2 nitrogen and oxygen atoms in total. The first kappa shape index (κ1) is 11.4. The van der Waals surface area contributed by atoms with Crippen molar-refractivity contribution in [3.8, 4) is 0 Å². The minimum absolute atomic E-state index is 0.303. The van der Waals surface area contributed by atoms with Crippen LogP contribution in [0.1, 0.15) is 0 Å². The number of aromatic nitrogens is 1. The first-order valence-electron chi connectivity index (χ1n) is 5.30. The Labute approximate surface area is 112 Å². The number of nitrogens with one attached hydrogen (secondary N) is 1. The first-order valence-corrected chi connectivity index (χ1v) is 6.49. The van der Waals surface area contributed by atoms with Gasteiger partial charge in [-0.15, -0.1) is 0 Å². The number of benzene rings is 2. The molecule has 0 aliphatic carbocycles. The summed E-state index contributed by atoms with van der Waals surface area (Å²) >= 11 is 7.30. The average molecular weight is 279 g/mol. The molecule has 0 aliphatic heterocycles. The Balaban J connectivity index is 1.98. The topological polar surface area (TPSA) is 24.9 Å². The van der Waals surface area contributed by atoms with Gasteiger partial charge in [0.05, 0.1) is 4.70 Å². The molecule has 3 rings (SSSR count). The summed E-state index contributed by atoms with van der Waals surface area (Å²) in [6.07, 6.45) is 0. The summed E-state index contributed by atoms with van der Waals surface area (Å²) in [5.74, 6) is -0.303. The third-order valence-electron chi connectivity index (χ3n) is 2.45. The lowest BCUT2D eigenvalue weighted by Gasteiger charge is -2.01. The van der Waals surface area contributed by atoms with Crippen LogP contribution in [0.15, 0.2) is 42.5 Å². The highest BCUT2D eigenvalue weighted by molar-refractivity contribution is 7.22. The summed E-state index contributed by atoms with van der Waals surface area (Å²) in [5.41, 5.74) is 1.23. The van der Waals surface area contributed by atoms with Crippen LogP contribution in [-0.4, -0.2) is 4.98 Å². The van der Waals surface area contributed by atoms with Crippen LogP contribution in [0.2, 0.25) is 5.02 Å². The van der Waals surface area contributed by atoms with Crippen LogP contribution in [0.4, 0.5) is 15.2 Å². The predicted molar refractivity (Wildman–Crippen MR) is 74.3 cm³/mol. The number of hydrogen-bond donors (Lipinski definition) is 1. The molecule has 90 valence electrons. The van der Waals surface area contributed by atoms with Gasteiger partial charge in [-0.3, -0.25) is 0 Å². The first-order chi connectivity index (χ1) is 8.72. The maximum absolute atomic E-state index is 13.5. The van der Waals surface area contributed by atoms with Crippen LogP contribution in [0.25, 0.3) is 10.2 Å². The molecule has 18 heavy (non-hydrogen) atoms. The summed E-state index contributed by atoms with van der Waals surface area (Å²) in [6, 6.07) is 12.3. The van der Waals surface area contributed by atoms with E-state index in [1.807, 2.05) is 18.2 Å². The number of hydrogen-bond acceptors (Lipinski definition) is 3. The smallest absolute Gasteiger partial charge is 0.188 e. The molecule has 0 saturated carbocycles. The van der Waals surface area contributed by atoms with Gasteiger partial charge in [-0.25, -0.2) is 9.37 Å². The number of para-hydroxylation sites is 1. The maximum Gasteiger partial charge on any atom is 0.188 e. The van der Waals surface area contributed by atoms with Gasteiger partial charge in [0.2, 0.25) is 0 Å². The van der Waals surface area contributed by atoms with E-state index in [0.29, 0.717) is 15.7 Å². The van der Waals surface area contributed by atoms with Gasteiger partial charge >= 0.3 is 0 Å². The molecule has 0 bridgehead atoms. The Hall–Kier alpha value is -1.65. The van der Waals surface area contributed by atoms with Gasteiger partial charge in [0, 0.05) is 10.7 Å². The molecule has 0 saturated heterocycles. The molecular formula is C13H8ClFN2S. The lowest BCUT2D eigenvalue weighted by Crippen LogP contribution is -1.88. The van der Waals surface area contributed by atoms with Crippen LogP contribution >= 0.6 is 22.9 Å². The lowest BCUT2D eigenvalue weighted by molar-refractivity contribution is 0.637. The molecule has 1 N–H and O–H groups in total. The molecule has 0 amide bonds. The van der Waals surface area contributed by atoms with Crippen molar-refractivity contribution in [2.75, 3.05) is 5.32 Å². The van der Waals surface area contributed by atoms with Crippen molar-refractivity contribution in [3.63, 3.8) is 0 Å². The monoisotopic (exact) mass is 278 g/mol. The molecule has 1 heterocycles. The van der Waals surface area contributed by atoms with Crippen molar-refractivity contribution in [2.45, 2.75) is 0 Å². The third kappa shape index (κ3) is 2.17. The number of nitrogens with zero attached hydrogens (tertiary/aromatic N) is 1. The zero-order valence-electron chi connectivity index (χ0n) is 9.15. The fourth-order valence-electron chi connectivity index (χ4n) is 1.66. The van der Waals surface area contributed by atoms with Crippen molar-refractivity contribution in [2.24, 2.45) is 0 Å². The van der Waals surface area contributed by atoms with Gasteiger partial charge in [0.15, 0.2) is 5.13 Å². The van der Waals surface area contributed by atoms with Crippen LogP contribution < -0.4 is 5.32 Å². The normalized spacial score (nSPS) is 10.8. The van der Waals surface area contributed by atoms with Crippen molar-refractivity contribution >= 4 is 44.0 Å². The second-order valence-electron chi connectivity index (χ2n) is 3.74. The van der Waals surface area contributed by atoms with Gasteiger partial charge in [-0.05, 0) is 30.3 Å². The van der Waals surface area contributed by atoms with Crippen LogP contribution in [0, 0.1) is 5.82 Å². The number of fused-ring (bicyclic) bond motifs is 1. The molecule has 0 spiro atoms. The number of rotatable bonds is 2. The summed E-state index contributed by atoms with van der Waals surface area (Å²) in [6.45, 7) is 0. The fraction of sp³-hybridized carbons (Fsp3) is 0. The molecule has 0 atom stereocenters. The Bertz CT molecular complexity index is 711. The van der Waals surface area contributed by atoms with E-state index >= 15 is 0 Å². The molecule has 0 radical (unpaired) electrons. The zero-order chi connectivity index (χ0) is 12.5.